The average Bonchev–Trinajstić information content (AvgIpc) is 2.34. The Hall–Kier alpha value is -1.13. The highest BCUT2D eigenvalue weighted by atomic mass is 35.5. The molecular weight excluding hydrogens is 288 g/mol. The number of hydrogen-bond donors (Lipinski definition) is 1. The minimum absolute atomic E-state index is 0.0498. The summed E-state index contributed by atoms with van der Waals surface area (Å²) >= 11 is 6.05. The number of hydrogen-bond acceptors (Lipinski definition) is 3. The molecule has 0 aromatic carbocycles. The molecule has 0 spiro atoms. The Morgan fingerprint density at radius 3 is 2.57 bits per heavy atom. The van der Waals surface area contributed by atoms with Gasteiger partial charge in [-0.25, -0.2) is 4.98 Å². The highest BCUT2D eigenvalue weighted by Crippen LogP contribution is 2.28. The maximum absolute atomic E-state index is 12.5. The van der Waals surface area contributed by atoms with Crippen LogP contribution in [0.3, 0.4) is 0 Å². The van der Waals surface area contributed by atoms with Crippen LogP contribution in [0, 0.1) is 5.92 Å². The van der Waals surface area contributed by atoms with E-state index >= 15 is 0 Å². The van der Waals surface area contributed by atoms with E-state index in [1.807, 2.05) is 26.8 Å². The van der Waals surface area contributed by atoms with Crippen LogP contribution in [0.1, 0.15) is 49.7 Å². The molecule has 0 bridgehead atoms. The molecule has 1 fully saturated rings. The fourth-order valence-electron chi connectivity index (χ4n) is 2.54. The van der Waals surface area contributed by atoms with Crippen molar-refractivity contribution in [2.75, 3.05) is 13.6 Å². The molecule has 1 amide bonds. The van der Waals surface area contributed by atoms with Gasteiger partial charge in [-0.05, 0) is 30.9 Å². The van der Waals surface area contributed by atoms with Gasteiger partial charge in [-0.1, -0.05) is 32.4 Å². The van der Waals surface area contributed by atoms with E-state index < -0.39 is 0 Å². The fourth-order valence-corrected chi connectivity index (χ4v) is 2.75. The minimum Gasteiger partial charge on any atom is -0.393 e. The second-order valence-electron chi connectivity index (χ2n) is 6.99. The number of carbonyl (C=O) groups is 1. The number of aromatic nitrogens is 1. The van der Waals surface area contributed by atoms with Gasteiger partial charge in [-0.15, -0.1) is 0 Å². The highest BCUT2D eigenvalue weighted by molar-refractivity contribution is 6.29. The van der Waals surface area contributed by atoms with Crippen LogP contribution in [0.15, 0.2) is 12.1 Å². The van der Waals surface area contributed by atoms with E-state index in [4.69, 9.17) is 11.6 Å². The third-order valence-electron chi connectivity index (χ3n) is 3.90. The van der Waals surface area contributed by atoms with Gasteiger partial charge in [-0.3, -0.25) is 4.79 Å². The molecule has 1 saturated carbocycles. The van der Waals surface area contributed by atoms with Crippen LogP contribution in [0.25, 0.3) is 0 Å². The van der Waals surface area contributed by atoms with Gasteiger partial charge in [0.1, 0.15) is 5.15 Å². The summed E-state index contributed by atoms with van der Waals surface area (Å²) in [5, 5.41) is 9.67. The van der Waals surface area contributed by atoms with Crippen molar-refractivity contribution >= 4 is 17.5 Å². The molecule has 0 radical (unpaired) electrons. The van der Waals surface area contributed by atoms with Crippen LogP contribution in [-0.4, -0.2) is 40.6 Å². The molecule has 1 heterocycles. The van der Waals surface area contributed by atoms with Gasteiger partial charge >= 0.3 is 0 Å². The van der Waals surface area contributed by atoms with E-state index in [1.165, 1.54) is 0 Å². The van der Waals surface area contributed by atoms with E-state index in [0.29, 0.717) is 23.2 Å². The Morgan fingerprint density at radius 1 is 1.43 bits per heavy atom. The van der Waals surface area contributed by atoms with Crippen LogP contribution in [0.5, 0.6) is 0 Å². The number of rotatable bonds is 3. The lowest BCUT2D eigenvalue weighted by Crippen LogP contribution is -2.39. The quantitative estimate of drug-likeness (QED) is 0.873. The van der Waals surface area contributed by atoms with Crippen molar-refractivity contribution in [1.82, 2.24) is 9.88 Å². The Balaban J connectivity index is 2.13. The number of halogens is 1. The first-order valence-electron chi connectivity index (χ1n) is 7.28. The summed E-state index contributed by atoms with van der Waals surface area (Å²) in [5.41, 5.74) is 1.23. The molecule has 0 saturated heterocycles. The minimum atomic E-state index is -0.193. The molecule has 2 rings (SSSR count). The third-order valence-corrected chi connectivity index (χ3v) is 4.09. The van der Waals surface area contributed by atoms with Crippen LogP contribution in [-0.2, 0) is 5.41 Å². The van der Waals surface area contributed by atoms with E-state index in [2.05, 4.69) is 4.98 Å². The molecular formula is C16H23ClN2O2. The van der Waals surface area contributed by atoms with Crippen LogP contribution >= 0.6 is 11.6 Å². The summed E-state index contributed by atoms with van der Waals surface area (Å²) in [4.78, 5) is 18.5. The van der Waals surface area contributed by atoms with Gasteiger partial charge < -0.3 is 10.0 Å². The molecule has 1 aromatic rings. The second kappa shape index (κ2) is 5.93. The number of pyridine rings is 1. The Kier molecular flexibility index (Phi) is 4.59. The van der Waals surface area contributed by atoms with Crippen molar-refractivity contribution in [2.45, 2.75) is 45.1 Å². The lowest BCUT2D eigenvalue weighted by molar-refractivity contribution is 0.0265. The molecule has 1 aliphatic carbocycles. The molecule has 5 heteroatoms. The first kappa shape index (κ1) is 16.2. The Bertz CT molecular complexity index is 534. The second-order valence-corrected chi connectivity index (χ2v) is 7.38. The van der Waals surface area contributed by atoms with Gasteiger partial charge in [0.2, 0.25) is 0 Å². The average molecular weight is 311 g/mol. The summed E-state index contributed by atoms with van der Waals surface area (Å²) in [5.74, 6) is 0.347. The van der Waals surface area contributed by atoms with Gasteiger partial charge in [0.25, 0.3) is 5.91 Å². The molecule has 21 heavy (non-hydrogen) atoms. The normalized spacial score (nSPS) is 21.8. The summed E-state index contributed by atoms with van der Waals surface area (Å²) in [7, 11) is 1.79. The number of amides is 1. The lowest BCUT2D eigenvalue weighted by atomic mass is 9.82. The number of aliphatic hydroxyl groups excluding tert-OH is 1. The first-order chi connectivity index (χ1) is 9.66. The van der Waals surface area contributed by atoms with Crippen molar-refractivity contribution in [3.05, 3.63) is 28.5 Å². The first-order valence-corrected chi connectivity index (χ1v) is 7.66. The molecule has 116 valence electrons. The monoisotopic (exact) mass is 310 g/mol. The Labute approximate surface area is 131 Å². The number of nitrogens with zero attached hydrogens (tertiary/aromatic N) is 2. The van der Waals surface area contributed by atoms with E-state index in [0.717, 1.165) is 18.5 Å². The van der Waals surface area contributed by atoms with Crippen LogP contribution in [0.2, 0.25) is 5.15 Å². The zero-order chi connectivity index (χ0) is 15.8. The van der Waals surface area contributed by atoms with Crippen molar-refractivity contribution in [3.8, 4) is 0 Å². The smallest absolute Gasteiger partial charge is 0.253 e. The zero-order valence-corrected chi connectivity index (χ0v) is 13.8. The predicted octanol–water partition coefficient (Wildman–Crippen LogP) is 2.88. The van der Waals surface area contributed by atoms with Gasteiger partial charge in [-0.2, -0.15) is 0 Å². The van der Waals surface area contributed by atoms with Gasteiger partial charge in [0.05, 0.1) is 6.10 Å². The molecule has 0 atom stereocenters. The van der Waals surface area contributed by atoms with Crippen molar-refractivity contribution in [1.29, 1.82) is 0 Å². The summed E-state index contributed by atoms with van der Waals surface area (Å²) < 4.78 is 0. The van der Waals surface area contributed by atoms with Gasteiger partial charge in [0.15, 0.2) is 0 Å². The summed E-state index contributed by atoms with van der Waals surface area (Å²) in [6, 6.07) is 3.44. The molecule has 1 aromatic heterocycles. The molecule has 0 unspecified atom stereocenters. The predicted molar refractivity (Wildman–Crippen MR) is 83.6 cm³/mol. The van der Waals surface area contributed by atoms with Crippen LogP contribution in [0.4, 0.5) is 0 Å². The largest absolute Gasteiger partial charge is 0.393 e. The van der Waals surface area contributed by atoms with E-state index in [-0.39, 0.29) is 17.4 Å². The number of carbonyl (C=O) groups excluding carboxylic acids is 1. The molecule has 1 aliphatic rings. The zero-order valence-electron chi connectivity index (χ0n) is 13.1. The summed E-state index contributed by atoms with van der Waals surface area (Å²) in [6.45, 7) is 6.79. The van der Waals surface area contributed by atoms with Gasteiger partial charge in [0, 0.05) is 30.3 Å². The summed E-state index contributed by atoms with van der Waals surface area (Å²) in [6.07, 6.45) is 1.37. The fraction of sp³-hybridized carbons (Fsp3) is 0.625. The van der Waals surface area contributed by atoms with Crippen molar-refractivity contribution in [3.63, 3.8) is 0 Å². The molecule has 4 nitrogen and oxygen atoms in total. The number of aliphatic hydroxyl groups is 1. The maximum atomic E-state index is 12.5. The molecule has 0 aliphatic heterocycles. The maximum Gasteiger partial charge on any atom is 0.253 e. The van der Waals surface area contributed by atoms with Crippen molar-refractivity contribution < 1.29 is 9.90 Å². The molecule has 1 N–H and O–H groups in total. The van der Waals surface area contributed by atoms with E-state index in [1.54, 1.807) is 18.0 Å². The van der Waals surface area contributed by atoms with Crippen molar-refractivity contribution in [2.24, 2.45) is 5.92 Å². The third kappa shape index (κ3) is 3.95. The topological polar surface area (TPSA) is 53.4 Å². The standard InChI is InChI=1S/C16H23ClN2O2/c1-16(2,3)13-7-11(8-14(17)18-13)15(21)19(4)9-10-5-12(20)6-10/h7-8,10,12,20H,5-6,9H2,1-4H3. The van der Waals surface area contributed by atoms with E-state index in [9.17, 15) is 9.90 Å². The highest BCUT2D eigenvalue weighted by Gasteiger charge is 2.29. The van der Waals surface area contributed by atoms with Crippen LogP contribution < -0.4 is 0 Å². The SMILES string of the molecule is CN(CC1CC(O)C1)C(=O)c1cc(Cl)nc(C(C)(C)C)c1. The lowest BCUT2D eigenvalue weighted by Gasteiger charge is -2.34. The Morgan fingerprint density at radius 2 is 2.05 bits per heavy atom.